The molecular formula is C21H27N3O2. The van der Waals surface area contributed by atoms with E-state index >= 15 is 0 Å². The number of aryl methyl sites for hydroxylation is 1. The minimum absolute atomic E-state index is 0.0498. The van der Waals surface area contributed by atoms with E-state index in [1.165, 1.54) is 5.69 Å². The Bertz CT molecular complexity index is 725. The number of piperazine rings is 1. The van der Waals surface area contributed by atoms with Crippen LogP contribution in [0.15, 0.2) is 48.5 Å². The number of nitrogens with zero attached hydrogens (tertiary/aromatic N) is 2. The first-order valence-corrected chi connectivity index (χ1v) is 9.12. The van der Waals surface area contributed by atoms with Crippen LogP contribution < -0.4 is 15.0 Å². The Hall–Kier alpha value is -2.53. The normalized spacial score (nSPS) is 14.9. The van der Waals surface area contributed by atoms with Crippen molar-refractivity contribution in [2.45, 2.75) is 6.92 Å². The molecule has 0 aromatic heterocycles. The number of rotatable bonds is 6. The average Bonchev–Trinajstić information content (AvgIpc) is 2.69. The summed E-state index contributed by atoms with van der Waals surface area (Å²) in [6.07, 6.45) is 0. The van der Waals surface area contributed by atoms with Gasteiger partial charge in [-0.25, -0.2) is 0 Å². The first-order chi connectivity index (χ1) is 12.7. The van der Waals surface area contributed by atoms with Crippen molar-refractivity contribution in [1.82, 2.24) is 10.2 Å². The lowest BCUT2D eigenvalue weighted by Crippen LogP contribution is -2.48. The Morgan fingerprint density at radius 1 is 1.08 bits per heavy atom. The fraction of sp³-hybridized carbons (Fsp3) is 0.381. The first-order valence-electron chi connectivity index (χ1n) is 9.12. The molecule has 2 aromatic rings. The Kier molecular flexibility index (Phi) is 6.12. The number of benzene rings is 2. The second-order valence-electron chi connectivity index (χ2n) is 6.60. The highest BCUT2D eigenvalue weighted by Gasteiger charge is 2.17. The third-order valence-electron chi connectivity index (χ3n) is 4.88. The van der Waals surface area contributed by atoms with E-state index < -0.39 is 0 Å². The van der Waals surface area contributed by atoms with Gasteiger partial charge in [0.25, 0.3) is 5.91 Å². The summed E-state index contributed by atoms with van der Waals surface area (Å²) in [4.78, 5) is 17.1. The van der Waals surface area contributed by atoms with Crippen molar-refractivity contribution in [3.8, 4) is 5.75 Å². The molecule has 0 aliphatic carbocycles. The van der Waals surface area contributed by atoms with Gasteiger partial charge in [-0.1, -0.05) is 24.3 Å². The molecule has 3 rings (SSSR count). The number of carbonyl (C=O) groups is 1. The van der Waals surface area contributed by atoms with Gasteiger partial charge in [-0.15, -0.1) is 0 Å². The van der Waals surface area contributed by atoms with Crippen molar-refractivity contribution in [1.29, 1.82) is 0 Å². The topological polar surface area (TPSA) is 44.8 Å². The molecule has 0 bridgehead atoms. The van der Waals surface area contributed by atoms with E-state index in [1.54, 1.807) is 13.2 Å². The smallest absolute Gasteiger partial charge is 0.251 e. The zero-order valence-electron chi connectivity index (χ0n) is 15.6. The maximum absolute atomic E-state index is 12.3. The Morgan fingerprint density at radius 3 is 2.50 bits per heavy atom. The van der Waals surface area contributed by atoms with Crippen molar-refractivity contribution in [3.63, 3.8) is 0 Å². The van der Waals surface area contributed by atoms with Gasteiger partial charge in [0.1, 0.15) is 5.75 Å². The molecule has 0 atom stereocenters. The van der Waals surface area contributed by atoms with Crippen LogP contribution >= 0.6 is 0 Å². The van der Waals surface area contributed by atoms with Gasteiger partial charge in [0.05, 0.1) is 7.11 Å². The molecule has 2 aromatic carbocycles. The van der Waals surface area contributed by atoms with Crippen molar-refractivity contribution >= 4 is 11.6 Å². The van der Waals surface area contributed by atoms with E-state index in [2.05, 4.69) is 39.4 Å². The van der Waals surface area contributed by atoms with Crippen LogP contribution in [0, 0.1) is 6.92 Å². The lowest BCUT2D eigenvalue weighted by Gasteiger charge is -2.36. The standard InChI is InChI=1S/C21H27N3O2/c1-17-8-9-18(16-20(17)26-2)21(25)22-10-11-23-12-14-24(15-13-23)19-6-4-3-5-7-19/h3-9,16H,10-15H2,1-2H3,(H,22,25). The molecule has 1 fully saturated rings. The Labute approximate surface area is 155 Å². The van der Waals surface area contributed by atoms with Crippen LogP contribution in [0.1, 0.15) is 15.9 Å². The summed E-state index contributed by atoms with van der Waals surface area (Å²) < 4.78 is 5.29. The first kappa shape index (κ1) is 18.3. The molecule has 0 radical (unpaired) electrons. The van der Waals surface area contributed by atoms with E-state index in [-0.39, 0.29) is 5.91 Å². The zero-order chi connectivity index (χ0) is 18.4. The van der Waals surface area contributed by atoms with Crippen molar-refractivity contribution in [3.05, 3.63) is 59.7 Å². The maximum atomic E-state index is 12.3. The van der Waals surface area contributed by atoms with Crippen LogP contribution in [0.25, 0.3) is 0 Å². The molecule has 1 amide bonds. The lowest BCUT2D eigenvalue weighted by atomic mass is 10.1. The van der Waals surface area contributed by atoms with Gasteiger partial charge >= 0.3 is 0 Å². The largest absolute Gasteiger partial charge is 0.496 e. The highest BCUT2D eigenvalue weighted by Crippen LogP contribution is 2.19. The molecule has 5 heteroatoms. The second kappa shape index (κ2) is 8.72. The summed E-state index contributed by atoms with van der Waals surface area (Å²) in [6.45, 7) is 7.57. The zero-order valence-corrected chi connectivity index (χ0v) is 15.6. The van der Waals surface area contributed by atoms with Gasteiger partial charge in [-0.3, -0.25) is 9.69 Å². The number of hydrogen-bond acceptors (Lipinski definition) is 4. The number of nitrogens with one attached hydrogen (secondary N) is 1. The Morgan fingerprint density at radius 2 is 1.81 bits per heavy atom. The van der Waals surface area contributed by atoms with Gasteiger partial charge in [0.2, 0.25) is 0 Å². The molecule has 0 unspecified atom stereocenters. The second-order valence-corrected chi connectivity index (χ2v) is 6.60. The van der Waals surface area contributed by atoms with Crippen LogP contribution in [0.4, 0.5) is 5.69 Å². The average molecular weight is 353 g/mol. The predicted octanol–water partition coefficient (Wildman–Crippen LogP) is 2.56. The monoisotopic (exact) mass is 353 g/mol. The molecule has 26 heavy (non-hydrogen) atoms. The molecule has 0 spiro atoms. The van der Waals surface area contributed by atoms with Crippen molar-refractivity contribution in [2.75, 3.05) is 51.3 Å². The molecule has 1 N–H and O–H groups in total. The number of para-hydroxylation sites is 1. The number of methoxy groups -OCH3 is 1. The summed E-state index contributed by atoms with van der Waals surface area (Å²) in [5, 5.41) is 3.01. The highest BCUT2D eigenvalue weighted by atomic mass is 16.5. The van der Waals surface area contributed by atoms with Crippen LogP contribution in [0.5, 0.6) is 5.75 Å². The highest BCUT2D eigenvalue weighted by molar-refractivity contribution is 5.94. The van der Waals surface area contributed by atoms with Crippen molar-refractivity contribution in [2.24, 2.45) is 0 Å². The van der Waals surface area contributed by atoms with E-state index in [0.717, 1.165) is 44.0 Å². The minimum Gasteiger partial charge on any atom is -0.496 e. The van der Waals surface area contributed by atoms with E-state index in [1.807, 2.05) is 25.1 Å². The lowest BCUT2D eigenvalue weighted by molar-refractivity contribution is 0.0947. The van der Waals surface area contributed by atoms with Gasteiger partial charge in [0, 0.05) is 50.5 Å². The molecule has 0 saturated carbocycles. The van der Waals surface area contributed by atoms with Crippen molar-refractivity contribution < 1.29 is 9.53 Å². The van der Waals surface area contributed by atoms with Gasteiger partial charge in [-0.2, -0.15) is 0 Å². The van der Waals surface area contributed by atoms with Crippen LogP contribution in [0.3, 0.4) is 0 Å². The molecule has 1 aliphatic rings. The van der Waals surface area contributed by atoms with Crippen LogP contribution in [-0.2, 0) is 0 Å². The van der Waals surface area contributed by atoms with E-state index in [9.17, 15) is 4.79 Å². The number of amides is 1. The molecule has 138 valence electrons. The fourth-order valence-corrected chi connectivity index (χ4v) is 3.26. The maximum Gasteiger partial charge on any atom is 0.251 e. The van der Waals surface area contributed by atoms with Gasteiger partial charge < -0.3 is 15.0 Å². The predicted molar refractivity (Wildman–Crippen MR) is 105 cm³/mol. The third kappa shape index (κ3) is 4.55. The fourth-order valence-electron chi connectivity index (χ4n) is 3.26. The van der Waals surface area contributed by atoms with E-state index in [4.69, 9.17) is 4.74 Å². The van der Waals surface area contributed by atoms with Crippen LogP contribution in [0.2, 0.25) is 0 Å². The summed E-state index contributed by atoms with van der Waals surface area (Å²) in [7, 11) is 1.62. The quantitative estimate of drug-likeness (QED) is 0.867. The third-order valence-corrected chi connectivity index (χ3v) is 4.88. The molecular weight excluding hydrogens is 326 g/mol. The minimum atomic E-state index is -0.0498. The summed E-state index contributed by atoms with van der Waals surface area (Å²) in [5.41, 5.74) is 2.95. The van der Waals surface area contributed by atoms with Gasteiger partial charge in [0.15, 0.2) is 0 Å². The SMILES string of the molecule is COc1cc(C(=O)NCCN2CCN(c3ccccc3)CC2)ccc1C. The van der Waals surface area contributed by atoms with E-state index in [0.29, 0.717) is 12.1 Å². The molecule has 5 nitrogen and oxygen atoms in total. The summed E-state index contributed by atoms with van der Waals surface area (Å²) in [5.74, 6) is 0.695. The van der Waals surface area contributed by atoms with Crippen LogP contribution in [-0.4, -0.2) is 57.2 Å². The molecule has 1 saturated heterocycles. The summed E-state index contributed by atoms with van der Waals surface area (Å²) in [6, 6.07) is 16.1. The molecule has 1 aliphatic heterocycles. The number of hydrogen-bond donors (Lipinski definition) is 1. The number of carbonyl (C=O) groups excluding carboxylic acids is 1. The number of ether oxygens (including phenoxy) is 1. The molecule has 1 heterocycles. The summed E-state index contributed by atoms with van der Waals surface area (Å²) >= 11 is 0. The Balaban J connectivity index is 1.42. The van der Waals surface area contributed by atoms with Gasteiger partial charge in [-0.05, 0) is 36.8 Å². The number of anilines is 1.